The second-order valence-corrected chi connectivity index (χ2v) is 3.76. The molecule has 5 heteroatoms. The summed E-state index contributed by atoms with van der Waals surface area (Å²) in [5.41, 5.74) is 0.658. The SMILES string of the molecule is Fc1cc(CCCBr)cc(OC(F)F)c1. The number of alkyl halides is 3. The van der Waals surface area contributed by atoms with Crippen molar-refractivity contribution in [1.82, 2.24) is 0 Å². The van der Waals surface area contributed by atoms with Crippen molar-refractivity contribution in [3.63, 3.8) is 0 Å². The quantitative estimate of drug-likeness (QED) is 0.748. The molecule has 0 radical (unpaired) electrons. The predicted molar refractivity (Wildman–Crippen MR) is 55.1 cm³/mol. The molecule has 0 bridgehead atoms. The number of halogens is 4. The first-order chi connectivity index (χ1) is 7.11. The van der Waals surface area contributed by atoms with E-state index in [4.69, 9.17) is 0 Å². The average molecular weight is 283 g/mol. The largest absolute Gasteiger partial charge is 0.435 e. The second kappa shape index (κ2) is 6.00. The van der Waals surface area contributed by atoms with Gasteiger partial charge in [0, 0.05) is 11.4 Å². The van der Waals surface area contributed by atoms with Gasteiger partial charge in [-0.2, -0.15) is 8.78 Å². The smallest absolute Gasteiger partial charge is 0.387 e. The molecule has 0 saturated heterocycles. The molecular formula is C10H10BrF3O. The van der Waals surface area contributed by atoms with E-state index < -0.39 is 12.4 Å². The zero-order valence-corrected chi connectivity index (χ0v) is 9.44. The van der Waals surface area contributed by atoms with Crippen LogP contribution in [0.25, 0.3) is 0 Å². The number of hydrogen-bond acceptors (Lipinski definition) is 1. The number of benzene rings is 1. The lowest BCUT2D eigenvalue weighted by Gasteiger charge is -2.07. The van der Waals surface area contributed by atoms with Gasteiger partial charge in [0.25, 0.3) is 0 Å². The van der Waals surface area contributed by atoms with Crippen LogP contribution in [0.2, 0.25) is 0 Å². The molecule has 0 atom stereocenters. The van der Waals surface area contributed by atoms with Crippen LogP contribution in [0.15, 0.2) is 18.2 Å². The molecule has 15 heavy (non-hydrogen) atoms. The van der Waals surface area contributed by atoms with Gasteiger partial charge in [-0.05, 0) is 30.5 Å². The summed E-state index contributed by atoms with van der Waals surface area (Å²) in [6, 6.07) is 3.70. The predicted octanol–water partition coefficient (Wildman–Crippen LogP) is 3.75. The van der Waals surface area contributed by atoms with E-state index in [1.807, 2.05) is 0 Å². The van der Waals surface area contributed by atoms with Gasteiger partial charge in [-0.3, -0.25) is 0 Å². The van der Waals surface area contributed by atoms with Crippen LogP contribution in [-0.4, -0.2) is 11.9 Å². The van der Waals surface area contributed by atoms with Crippen LogP contribution in [0.5, 0.6) is 5.75 Å². The fourth-order valence-electron chi connectivity index (χ4n) is 1.21. The minimum absolute atomic E-state index is 0.130. The number of rotatable bonds is 5. The number of hydrogen-bond donors (Lipinski definition) is 0. The van der Waals surface area contributed by atoms with E-state index >= 15 is 0 Å². The second-order valence-electron chi connectivity index (χ2n) is 2.97. The Kier molecular flexibility index (Phi) is 4.94. The minimum atomic E-state index is -2.92. The third kappa shape index (κ3) is 4.55. The van der Waals surface area contributed by atoms with Crippen molar-refractivity contribution in [2.24, 2.45) is 0 Å². The third-order valence-corrected chi connectivity index (χ3v) is 2.32. The fourth-order valence-corrected chi connectivity index (χ4v) is 1.49. The monoisotopic (exact) mass is 282 g/mol. The summed E-state index contributed by atoms with van der Waals surface area (Å²) in [6.45, 7) is -2.92. The molecule has 0 aromatic heterocycles. The molecule has 0 saturated carbocycles. The van der Waals surface area contributed by atoms with Gasteiger partial charge < -0.3 is 4.74 Å². The van der Waals surface area contributed by atoms with Crippen LogP contribution < -0.4 is 4.74 Å². The summed E-state index contributed by atoms with van der Waals surface area (Å²) in [6.07, 6.45) is 1.44. The topological polar surface area (TPSA) is 9.23 Å². The molecule has 0 spiro atoms. The van der Waals surface area contributed by atoms with Crippen LogP contribution in [0.1, 0.15) is 12.0 Å². The summed E-state index contributed by atoms with van der Waals surface area (Å²) in [4.78, 5) is 0. The first-order valence-electron chi connectivity index (χ1n) is 4.42. The van der Waals surface area contributed by atoms with Crippen LogP contribution in [0.3, 0.4) is 0 Å². The van der Waals surface area contributed by atoms with Gasteiger partial charge in [0.1, 0.15) is 11.6 Å². The van der Waals surface area contributed by atoms with E-state index in [9.17, 15) is 13.2 Å². The Morgan fingerprint density at radius 3 is 2.60 bits per heavy atom. The van der Waals surface area contributed by atoms with Gasteiger partial charge >= 0.3 is 6.61 Å². The number of ether oxygens (including phenoxy) is 1. The Morgan fingerprint density at radius 2 is 2.00 bits per heavy atom. The minimum Gasteiger partial charge on any atom is -0.435 e. The van der Waals surface area contributed by atoms with Crippen LogP contribution in [-0.2, 0) is 6.42 Å². The third-order valence-electron chi connectivity index (χ3n) is 1.76. The lowest BCUT2D eigenvalue weighted by Crippen LogP contribution is -2.02. The highest BCUT2D eigenvalue weighted by Crippen LogP contribution is 2.19. The lowest BCUT2D eigenvalue weighted by atomic mass is 10.1. The van der Waals surface area contributed by atoms with E-state index in [2.05, 4.69) is 20.7 Å². The van der Waals surface area contributed by atoms with Gasteiger partial charge in [-0.1, -0.05) is 15.9 Å². The Hall–Kier alpha value is -0.710. The van der Waals surface area contributed by atoms with Crippen molar-refractivity contribution >= 4 is 15.9 Å². The summed E-state index contributed by atoms with van der Waals surface area (Å²) in [5.74, 6) is -0.688. The molecule has 0 aliphatic rings. The van der Waals surface area contributed by atoms with Crippen LogP contribution in [0.4, 0.5) is 13.2 Å². The molecule has 84 valence electrons. The molecule has 0 amide bonds. The molecule has 0 unspecified atom stereocenters. The zero-order valence-electron chi connectivity index (χ0n) is 7.85. The van der Waals surface area contributed by atoms with Gasteiger partial charge in [0.2, 0.25) is 0 Å². The first kappa shape index (κ1) is 12.4. The summed E-state index contributed by atoms with van der Waals surface area (Å²) in [5, 5.41) is 0.786. The van der Waals surface area contributed by atoms with Crippen molar-refractivity contribution in [3.8, 4) is 5.75 Å². The molecule has 0 N–H and O–H groups in total. The summed E-state index contributed by atoms with van der Waals surface area (Å²) >= 11 is 3.24. The Morgan fingerprint density at radius 1 is 1.27 bits per heavy atom. The molecular weight excluding hydrogens is 273 g/mol. The van der Waals surface area contributed by atoms with Gasteiger partial charge in [0.15, 0.2) is 0 Å². The van der Waals surface area contributed by atoms with Gasteiger partial charge in [-0.15, -0.1) is 0 Å². The van der Waals surface area contributed by atoms with E-state index in [-0.39, 0.29) is 5.75 Å². The van der Waals surface area contributed by atoms with Crippen molar-refractivity contribution in [2.45, 2.75) is 19.5 Å². The van der Waals surface area contributed by atoms with Crippen LogP contribution >= 0.6 is 15.9 Å². The molecule has 1 aromatic carbocycles. The summed E-state index contributed by atoms with van der Waals surface area (Å²) in [7, 11) is 0. The van der Waals surface area contributed by atoms with Crippen LogP contribution in [0, 0.1) is 5.82 Å². The molecule has 1 nitrogen and oxygen atoms in total. The first-order valence-corrected chi connectivity index (χ1v) is 5.54. The number of aryl methyl sites for hydroxylation is 1. The molecule has 0 heterocycles. The van der Waals surface area contributed by atoms with Crippen molar-refractivity contribution in [1.29, 1.82) is 0 Å². The highest BCUT2D eigenvalue weighted by atomic mass is 79.9. The van der Waals surface area contributed by atoms with Gasteiger partial charge in [-0.25, -0.2) is 4.39 Å². The molecule has 1 rings (SSSR count). The zero-order chi connectivity index (χ0) is 11.3. The van der Waals surface area contributed by atoms with E-state index in [0.717, 1.165) is 17.8 Å². The van der Waals surface area contributed by atoms with Crippen molar-refractivity contribution in [3.05, 3.63) is 29.6 Å². The maximum Gasteiger partial charge on any atom is 0.387 e. The Balaban J connectivity index is 2.75. The molecule has 1 aromatic rings. The van der Waals surface area contributed by atoms with Crippen molar-refractivity contribution in [2.75, 3.05) is 5.33 Å². The highest BCUT2D eigenvalue weighted by molar-refractivity contribution is 9.09. The molecule has 0 aliphatic heterocycles. The maximum absolute atomic E-state index is 13.0. The van der Waals surface area contributed by atoms with E-state index in [1.54, 1.807) is 0 Å². The normalized spacial score (nSPS) is 10.7. The van der Waals surface area contributed by atoms with E-state index in [0.29, 0.717) is 12.0 Å². The highest BCUT2D eigenvalue weighted by Gasteiger charge is 2.07. The Bertz CT molecular complexity index is 318. The average Bonchev–Trinajstić information content (AvgIpc) is 2.12. The van der Waals surface area contributed by atoms with E-state index in [1.165, 1.54) is 12.1 Å². The van der Waals surface area contributed by atoms with Crippen molar-refractivity contribution < 1.29 is 17.9 Å². The fraction of sp³-hybridized carbons (Fsp3) is 0.400. The molecule has 0 aliphatic carbocycles. The van der Waals surface area contributed by atoms with Gasteiger partial charge in [0.05, 0.1) is 0 Å². The maximum atomic E-state index is 13.0. The lowest BCUT2D eigenvalue weighted by molar-refractivity contribution is -0.0500. The standard InChI is InChI=1S/C10H10BrF3O/c11-3-1-2-7-4-8(12)6-9(5-7)15-10(13)14/h4-6,10H,1-3H2. The Labute approximate surface area is 94.4 Å². The molecule has 0 fully saturated rings. The summed E-state index contributed by atoms with van der Waals surface area (Å²) < 4.78 is 40.9.